The third kappa shape index (κ3) is 2.84. The Morgan fingerprint density at radius 3 is 3.04 bits per heavy atom. The van der Waals surface area contributed by atoms with Crippen LogP contribution in [0, 0.1) is 5.92 Å². The summed E-state index contributed by atoms with van der Waals surface area (Å²) in [5, 5.41) is 0.0185. The molecule has 4 heterocycles. The fourth-order valence-corrected chi connectivity index (χ4v) is 5.20. The monoisotopic (exact) mass is 379 g/mol. The summed E-state index contributed by atoms with van der Waals surface area (Å²) in [4.78, 5) is 8.45. The quantitative estimate of drug-likeness (QED) is 0.695. The van der Waals surface area contributed by atoms with Crippen LogP contribution in [0.3, 0.4) is 0 Å². The number of nitrogens with zero attached hydrogens (tertiary/aromatic N) is 5. The molecule has 9 heteroatoms. The van der Waals surface area contributed by atoms with E-state index in [0.717, 1.165) is 25.2 Å². The molecule has 0 radical (unpaired) electrons. The topological polar surface area (TPSA) is 72.5 Å². The van der Waals surface area contributed by atoms with Gasteiger partial charge in [-0.2, -0.15) is 4.31 Å². The van der Waals surface area contributed by atoms with E-state index in [1.165, 1.54) is 8.71 Å². The number of imidazole rings is 2. The minimum atomic E-state index is -3.74. The van der Waals surface area contributed by atoms with Crippen LogP contribution in [0.15, 0.2) is 41.8 Å². The molecule has 0 aromatic carbocycles. The lowest BCUT2D eigenvalue weighted by atomic mass is 10.00. The van der Waals surface area contributed by atoms with E-state index >= 15 is 0 Å². The molecule has 0 saturated heterocycles. The molecule has 4 rings (SSSR count). The number of aromatic nitrogens is 4. The van der Waals surface area contributed by atoms with E-state index in [9.17, 15) is 8.42 Å². The Balaban J connectivity index is 1.61. The first-order chi connectivity index (χ1) is 12.0. The number of rotatable bonds is 4. The minimum Gasteiger partial charge on any atom is -0.335 e. The van der Waals surface area contributed by atoms with Gasteiger partial charge in [0.15, 0.2) is 10.2 Å². The highest BCUT2D eigenvalue weighted by molar-refractivity contribution is 7.89. The molecule has 132 valence electrons. The maximum absolute atomic E-state index is 13.1. The van der Waals surface area contributed by atoms with Gasteiger partial charge in [0, 0.05) is 45.1 Å². The van der Waals surface area contributed by atoms with Crippen LogP contribution < -0.4 is 0 Å². The molecule has 0 N–H and O–H groups in total. The van der Waals surface area contributed by atoms with Crippen LogP contribution in [-0.4, -0.2) is 45.3 Å². The summed E-state index contributed by atoms with van der Waals surface area (Å²) in [6.45, 7) is 1.20. The molecule has 0 amide bonds. The second-order valence-corrected chi connectivity index (χ2v) is 8.64. The SMILES string of the molecule is CN(C[C@H]1CCc2nccn2C1)S(=O)(=O)c1c(Cl)nc2ccccn12. The van der Waals surface area contributed by atoms with Gasteiger partial charge in [-0.25, -0.2) is 18.4 Å². The minimum absolute atomic E-state index is 0.00131. The van der Waals surface area contributed by atoms with E-state index in [2.05, 4.69) is 14.5 Å². The molecule has 25 heavy (non-hydrogen) atoms. The lowest BCUT2D eigenvalue weighted by Gasteiger charge is -2.27. The van der Waals surface area contributed by atoms with Crippen molar-refractivity contribution in [2.45, 2.75) is 24.4 Å². The number of halogens is 1. The molecule has 0 unspecified atom stereocenters. The van der Waals surface area contributed by atoms with E-state index in [4.69, 9.17) is 11.6 Å². The standard InChI is InChI=1S/C16H18ClN5O2S/c1-20(10-12-5-6-13-18-7-9-21(13)11-12)25(23,24)16-15(17)19-14-4-2-3-8-22(14)16/h2-4,7-9,12H,5-6,10-11H2,1H3/t12-/m1/s1. The average Bonchev–Trinajstić information content (AvgIpc) is 3.17. The summed E-state index contributed by atoms with van der Waals surface area (Å²) in [6.07, 6.45) is 7.17. The van der Waals surface area contributed by atoms with E-state index in [1.807, 2.05) is 6.20 Å². The maximum Gasteiger partial charge on any atom is 0.262 e. The molecule has 1 aliphatic heterocycles. The summed E-state index contributed by atoms with van der Waals surface area (Å²) in [5.74, 6) is 1.30. The molecule has 1 atom stereocenters. The molecular weight excluding hydrogens is 362 g/mol. The van der Waals surface area contributed by atoms with E-state index < -0.39 is 10.0 Å². The van der Waals surface area contributed by atoms with Gasteiger partial charge in [0.25, 0.3) is 10.0 Å². The number of fused-ring (bicyclic) bond motifs is 2. The summed E-state index contributed by atoms with van der Waals surface area (Å²) in [7, 11) is -2.14. The third-order valence-electron chi connectivity index (χ3n) is 4.65. The highest BCUT2D eigenvalue weighted by Crippen LogP contribution is 2.27. The molecule has 3 aromatic rings. The Hall–Kier alpha value is -1.90. The zero-order valence-corrected chi connectivity index (χ0v) is 15.3. The first kappa shape index (κ1) is 16.6. The van der Waals surface area contributed by atoms with Crippen molar-refractivity contribution in [1.29, 1.82) is 0 Å². The van der Waals surface area contributed by atoms with Crippen LogP contribution in [0.4, 0.5) is 0 Å². The number of hydrogen-bond acceptors (Lipinski definition) is 4. The van der Waals surface area contributed by atoms with Gasteiger partial charge in [0.1, 0.15) is 11.5 Å². The molecule has 3 aromatic heterocycles. The molecule has 0 saturated carbocycles. The molecule has 0 fully saturated rings. The van der Waals surface area contributed by atoms with Gasteiger partial charge in [0.2, 0.25) is 0 Å². The maximum atomic E-state index is 13.1. The number of pyridine rings is 1. The van der Waals surface area contributed by atoms with Crippen molar-refractivity contribution in [2.75, 3.05) is 13.6 Å². The van der Waals surface area contributed by atoms with Gasteiger partial charge in [-0.3, -0.25) is 4.40 Å². The number of hydrogen-bond donors (Lipinski definition) is 0. The zero-order chi connectivity index (χ0) is 17.6. The Morgan fingerprint density at radius 2 is 2.20 bits per heavy atom. The smallest absolute Gasteiger partial charge is 0.262 e. The highest BCUT2D eigenvalue weighted by Gasteiger charge is 2.31. The molecule has 0 spiro atoms. The van der Waals surface area contributed by atoms with Gasteiger partial charge >= 0.3 is 0 Å². The van der Waals surface area contributed by atoms with Crippen LogP contribution in [0.5, 0.6) is 0 Å². The van der Waals surface area contributed by atoms with Crippen LogP contribution >= 0.6 is 11.6 Å². The molecule has 1 aliphatic rings. The zero-order valence-electron chi connectivity index (χ0n) is 13.7. The van der Waals surface area contributed by atoms with Gasteiger partial charge < -0.3 is 4.57 Å². The van der Waals surface area contributed by atoms with E-state index in [1.54, 1.807) is 37.6 Å². The summed E-state index contributed by atoms with van der Waals surface area (Å²) >= 11 is 6.14. The van der Waals surface area contributed by atoms with Crippen LogP contribution in [-0.2, 0) is 23.0 Å². The van der Waals surface area contributed by atoms with Crippen LogP contribution in [0.1, 0.15) is 12.2 Å². The van der Waals surface area contributed by atoms with E-state index in [0.29, 0.717) is 12.2 Å². The normalized spacial score (nSPS) is 18.0. The third-order valence-corrected chi connectivity index (χ3v) is 6.87. The fraction of sp³-hybridized carbons (Fsp3) is 0.375. The van der Waals surface area contributed by atoms with Crippen LogP contribution in [0.2, 0.25) is 5.15 Å². The molecular formula is C16H18ClN5O2S. The fourth-order valence-electron chi connectivity index (χ4n) is 3.37. The van der Waals surface area contributed by atoms with Crippen LogP contribution in [0.25, 0.3) is 5.65 Å². The van der Waals surface area contributed by atoms with Crippen molar-refractivity contribution in [3.63, 3.8) is 0 Å². The van der Waals surface area contributed by atoms with Gasteiger partial charge in [0.05, 0.1) is 0 Å². The molecule has 0 bridgehead atoms. The summed E-state index contributed by atoms with van der Waals surface area (Å²) in [5.41, 5.74) is 0.514. The highest BCUT2D eigenvalue weighted by atomic mass is 35.5. The van der Waals surface area contributed by atoms with Crippen molar-refractivity contribution in [1.82, 2.24) is 23.2 Å². The second-order valence-electron chi connectivity index (χ2n) is 6.32. The Kier molecular flexibility index (Phi) is 4.05. The number of sulfonamides is 1. The molecule has 0 aliphatic carbocycles. The Labute approximate surface area is 150 Å². The lowest BCUT2D eigenvalue weighted by Crippen LogP contribution is -2.36. The van der Waals surface area contributed by atoms with Crippen molar-refractivity contribution < 1.29 is 8.42 Å². The van der Waals surface area contributed by atoms with Gasteiger partial charge in [-0.15, -0.1) is 0 Å². The van der Waals surface area contributed by atoms with Crippen molar-refractivity contribution in [3.05, 3.63) is 47.8 Å². The van der Waals surface area contributed by atoms with Crippen molar-refractivity contribution in [3.8, 4) is 0 Å². The van der Waals surface area contributed by atoms with Gasteiger partial charge in [-0.05, 0) is 24.5 Å². The van der Waals surface area contributed by atoms with Crippen molar-refractivity contribution in [2.24, 2.45) is 5.92 Å². The summed E-state index contributed by atoms with van der Waals surface area (Å²) < 4.78 is 31.1. The number of aryl methyl sites for hydroxylation is 1. The average molecular weight is 380 g/mol. The summed E-state index contributed by atoms with van der Waals surface area (Å²) in [6, 6.07) is 5.28. The molecule has 7 nitrogen and oxygen atoms in total. The second kappa shape index (κ2) is 6.12. The Morgan fingerprint density at radius 1 is 1.36 bits per heavy atom. The van der Waals surface area contributed by atoms with Crippen molar-refractivity contribution >= 4 is 27.3 Å². The van der Waals surface area contributed by atoms with E-state index in [-0.39, 0.29) is 16.1 Å². The predicted octanol–water partition coefficient (Wildman–Crippen LogP) is 2.07. The lowest BCUT2D eigenvalue weighted by molar-refractivity contribution is 0.302. The first-order valence-electron chi connectivity index (χ1n) is 8.06. The largest absolute Gasteiger partial charge is 0.335 e. The first-order valence-corrected chi connectivity index (χ1v) is 9.87. The predicted molar refractivity (Wildman–Crippen MR) is 94.1 cm³/mol. The van der Waals surface area contributed by atoms with Gasteiger partial charge in [-0.1, -0.05) is 17.7 Å². The Bertz CT molecular complexity index is 1030.